The minimum absolute atomic E-state index is 0.304. The van der Waals surface area contributed by atoms with Gasteiger partial charge in [0.15, 0.2) is 0 Å². The second kappa shape index (κ2) is 5.50. The van der Waals surface area contributed by atoms with Crippen molar-refractivity contribution < 1.29 is 4.79 Å². The summed E-state index contributed by atoms with van der Waals surface area (Å²) in [5, 5.41) is 0. The standard InChI is InChI=1S/C12H23NO/c1-4-5-6-13-10(2)7-12(9-14)8-11(13)3/h9-12H,4-8H2,1-3H3/t10-,11+,12?. The molecular formula is C12H23NO. The Hall–Kier alpha value is -0.370. The lowest BCUT2D eigenvalue weighted by atomic mass is 9.88. The Labute approximate surface area is 87.7 Å². The molecule has 1 aliphatic rings. The Morgan fingerprint density at radius 1 is 1.29 bits per heavy atom. The number of hydrogen-bond acceptors (Lipinski definition) is 2. The average Bonchev–Trinajstić information content (AvgIpc) is 2.16. The lowest BCUT2D eigenvalue weighted by Gasteiger charge is -2.41. The smallest absolute Gasteiger partial charge is 0.123 e. The van der Waals surface area contributed by atoms with E-state index in [-0.39, 0.29) is 0 Å². The monoisotopic (exact) mass is 197 g/mol. The van der Waals surface area contributed by atoms with Gasteiger partial charge in [-0.1, -0.05) is 13.3 Å². The van der Waals surface area contributed by atoms with Crippen LogP contribution in [0.15, 0.2) is 0 Å². The minimum Gasteiger partial charge on any atom is -0.303 e. The molecule has 1 fully saturated rings. The average molecular weight is 197 g/mol. The van der Waals surface area contributed by atoms with Gasteiger partial charge in [-0.25, -0.2) is 0 Å². The van der Waals surface area contributed by atoms with Gasteiger partial charge in [0, 0.05) is 18.0 Å². The SMILES string of the molecule is CCCCN1[C@H](C)CC(C=O)C[C@@H]1C. The van der Waals surface area contributed by atoms with Gasteiger partial charge in [0.25, 0.3) is 0 Å². The van der Waals surface area contributed by atoms with E-state index in [0.29, 0.717) is 18.0 Å². The van der Waals surface area contributed by atoms with Crippen LogP contribution in [0.2, 0.25) is 0 Å². The zero-order chi connectivity index (χ0) is 10.6. The summed E-state index contributed by atoms with van der Waals surface area (Å²) in [5.41, 5.74) is 0. The Balaban J connectivity index is 2.47. The fourth-order valence-corrected chi connectivity index (χ4v) is 2.57. The van der Waals surface area contributed by atoms with Crippen LogP contribution in [0.3, 0.4) is 0 Å². The summed E-state index contributed by atoms with van der Waals surface area (Å²) in [4.78, 5) is 13.3. The molecule has 1 rings (SSSR count). The summed E-state index contributed by atoms with van der Waals surface area (Å²) in [6.45, 7) is 7.93. The van der Waals surface area contributed by atoms with Crippen LogP contribution in [0.25, 0.3) is 0 Å². The first-order valence-corrected chi connectivity index (χ1v) is 5.90. The fraction of sp³-hybridized carbons (Fsp3) is 0.917. The maximum absolute atomic E-state index is 10.8. The molecule has 0 aromatic carbocycles. The largest absolute Gasteiger partial charge is 0.303 e. The maximum atomic E-state index is 10.8. The lowest BCUT2D eigenvalue weighted by molar-refractivity contribution is -0.113. The number of likely N-dealkylation sites (tertiary alicyclic amines) is 1. The molecule has 0 spiro atoms. The van der Waals surface area contributed by atoms with Crippen molar-refractivity contribution in [1.82, 2.24) is 4.90 Å². The van der Waals surface area contributed by atoms with E-state index >= 15 is 0 Å². The number of hydrogen-bond donors (Lipinski definition) is 0. The number of piperidine rings is 1. The van der Waals surface area contributed by atoms with Crippen molar-refractivity contribution in [2.45, 2.75) is 58.5 Å². The van der Waals surface area contributed by atoms with E-state index in [1.54, 1.807) is 0 Å². The topological polar surface area (TPSA) is 20.3 Å². The van der Waals surface area contributed by atoms with Gasteiger partial charge in [0.2, 0.25) is 0 Å². The first-order chi connectivity index (χ1) is 6.69. The van der Waals surface area contributed by atoms with Crippen molar-refractivity contribution in [3.05, 3.63) is 0 Å². The third-order valence-corrected chi connectivity index (χ3v) is 3.38. The molecule has 14 heavy (non-hydrogen) atoms. The maximum Gasteiger partial charge on any atom is 0.123 e. The van der Waals surface area contributed by atoms with Gasteiger partial charge in [0.05, 0.1) is 0 Å². The quantitative estimate of drug-likeness (QED) is 0.645. The van der Waals surface area contributed by atoms with Crippen LogP contribution < -0.4 is 0 Å². The number of aldehydes is 1. The molecule has 82 valence electrons. The Morgan fingerprint density at radius 2 is 1.86 bits per heavy atom. The molecule has 0 bridgehead atoms. The molecule has 0 saturated carbocycles. The highest BCUT2D eigenvalue weighted by Gasteiger charge is 2.29. The lowest BCUT2D eigenvalue weighted by Crippen LogP contribution is -2.47. The Kier molecular flexibility index (Phi) is 4.59. The molecule has 0 N–H and O–H groups in total. The molecule has 1 unspecified atom stereocenters. The zero-order valence-electron chi connectivity index (χ0n) is 9.70. The predicted molar refractivity (Wildman–Crippen MR) is 59.3 cm³/mol. The highest BCUT2D eigenvalue weighted by molar-refractivity contribution is 5.53. The minimum atomic E-state index is 0.304. The second-order valence-corrected chi connectivity index (χ2v) is 4.66. The van der Waals surface area contributed by atoms with Crippen LogP contribution in [0.4, 0.5) is 0 Å². The first-order valence-electron chi connectivity index (χ1n) is 5.90. The van der Waals surface area contributed by atoms with Gasteiger partial charge >= 0.3 is 0 Å². The van der Waals surface area contributed by atoms with E-state index in [1.807, 2.05) is 0 Å². The van der Waals surface area contributed by atoms with E-state index in [4.69, 9.17) is 0 Å². The van der Waals surface area contributed by atoms with Crippen molar-refractivity contribution in [2.24, 2.45) is 5.92 Å². The highest BCUT2D eigenvalue weighted by atomic mass is 16.1. The molecule has 0 amide bonds. The van der Waals surface area contributed by atoms with Gasteiger partial charge in [0.1, 0.15) is 6.29 Å². The summed E-state index contributed by atoms with van der Waals surface area (Å²) in [6.07, 6.45) is 5.78. The van der Waals surface area contributed by atoms with Gasteiger partial charge in [-0.2, -0.15) is 0 Å². The Morgan fingerprint density at radius 3 is 2.29 bits per heavy atom. The number of carbonyl (C=O) groups excluding carboxylic acids is 1. The van der Waals surface area contributed by atoms with Crippen molar-refractivity contribution in [3.8, 4) is 0 Å². The summed E-state index contributed by atoms with van der Waals surface area (Å²) in [5.74, 6) is 0.304. The molecule has 2 nitrogen and oxygen atoms in total. The van der Waals surface area contributed by atoms with Gasteiger partial charge in [-0.05, 0) is 39.7 Å². The molecule has 3 atom stereocenters. The van der Waals surface area contributed by atoms with Crippen LogP contribution in [-0.4, -0.2) is 29.8 Å². The van der Waals surface area contributed by atoms with E-state index in [9.17, 15) is 4.79 Å². The number of nitrogens with zero attached hydrogens (tertiary/aromatic N) is 1. The van der Waals surface area contributed by atoms with Crippen molar-refractivity contribution >= 4 is 6.29 Å². The van der Waals surface area contributed by atoms with E-state index in [1.165, 1.54) is 19.4 Å². The number of carbonyl (C=O) groups is 1. The van der Waals surface area contributed by atoms with Crippen LogP contribution in [-0.2, 0) is 4.79 Å². The Bertz CT molecular complexity index is 169. The number of unbranched alkanes of at least 4 members (excludes halogenated alkanes) is 1. The molecule has 0 aliphatic carbocycles. The van der Waals surface area contributed by atoms with Crippen LogP contribution in [0.1, 0.15) is 46.5 Å². The van der Waals surface area contributed by atoms with E-state index in [0.717, 1.165) is 19.1 Å². The van der Waals surface area contributed by atoms with E-state index < -0.39 is 0 Å². The van der Waals surface area contributed by atoms with Gasteiger partial charge in [-0.15, -0.1) is 0 Å². The van der Waals surface area contributed by atoms with Crippen molar-refractivity contribution in [1.29, 1.82) is 0 Å². The van der Waals surface area contributed by atoms with Crippen LogP contribution in [0.5, 0.6) is 0 Å². The van der Waals surface area contributed by atoms with E-state index in [2.05, 4.69) is 25.7 Å². The van der Waals surface area contributed by atoms with Crippen LogP contribution in [0, 0.1) is 5.92 Å². The van der Waals surface area contributed by atoms with Crippen molar-refractivity contribution in [3.63, 3.8) is 0 Å². The zero-order valence-corrected chi connectivity index (χ0v) is 9.70. The normalized spacial score (nSPS) is 34.4. The fourth-order valence-electron chi connectivity index (χ4n) is 2.57. The van der Waals surface area contributed by atoms with Gasteiger partial charge < -0.3 is 4.79 Å². The summed E-state index contributed by atoms with van der Waals surface area (Å²) in [6, 6.07) is 1.17. The second-order valence-electron chi connectivity index (χ2n) is 4.66. The van der Waals surface area contributed by atoms with Crippen molar-refractivity contribution in [2.75, 3.05) is 6.54 Å². The summed E-state index contributed by atoms with van der Waals surface area (Å²) in [7, 11) is 0. The molecule has 1 saturated heterocycles. The highest BCUT2D eigenvalue weighted by Crippen LogP contribution is 2.26. The van der Waals surface area contributed by atoms with Gasteiger partial charge in [-0.3, -0.25) is 4.90 Å². The molecule has 1 heterocycles. The third-order valence-electron chi connectivity index (χ3n) is 3.38. The molecule has 2 heteroatoms. The molecule has 0 radical (unpaired) electrons. The molecule has 0 aromatic rings. The first kappa shape index (κ1) is 11.7. The molecule has 0 aromatic heterocycles. The number of rotatable bonds is 4. The third kappa shape index (κ3) is 2.81. The summed E-state index contributed by atoms with van der Waals surface area (Å²) >= 11 is 0. The van der Waals surface area contributed by atoms with Crippen LogP contribution >= 0.6 is 0 Å². The molecule has 1 aliphatic heterocycles. The predicted octanol–water partition coefficient (Wildman–Crippen LogP) is 2.47. The summed E-state index contributed by atoms with van der Waals surface area (Å²) < 4.78 is 0. The molecular weight excluding hydrogens is 174 g/mol.